The van der Waals surface area contributed by atoms with Crippen LogP contribution in [-0.2, 0) is 6.61 Å². The maximum atomic E-state index is 5.88. The van der Waals surface area contributed by atoms with Crippen molar-refractivity contribution in [3.8, 4) is 5.75 Å². The average molecular weight is 368 g/mol. The third-order valence-electron chi connectivity index (χ3n) is 2.74. The summed E-state index contributed by atoms with van der Waals surface area (Å²) in [7, 11) is 0. The molecular formula is C15H14BrNOS2. The van der Waals surface area contributed by atoms with Crippen LogP contribution >= 0.6 is 39.9 Å². The summed E-state index contributed by atoms with van der Waals surface area (Å²) in [6.45, 7) is 0.479. The van der Waals surface area contributed by atoms with Crippen molar-refractivity contribution in [3.05, 3.63) is 58.1 Å². The zero-order valence-corrected chi connectivity index (χ0v) is 14.1. The molecule has 0 saturated heterocycles. The van der Waals surface area contributed by atoms with Crippen molar-refractivity contribution < 1.29 is 4.74 Å². The van der Waals surface area contributed by atoms with Gasteiger partial charge in [0.05, 0.1) is 5.56 Å². The van der Waals surface area contributed by atoms with Gasteiger partial charge in [0.2, 0.25) is 0 Å². The number of halogens is 1. The molecule has 2 N–H and O–H groups in total. The van der Waals surface area contributed by atoms with Gasteiger partial charge in [-0.15, -0.1) is 11.8 Å². The number of hydrogen-bond acceptors (Lipinski definition) is 3. The molecule has 0 atom stereocenters. The highest BCUT2D eigenvalue weighted by atomic mass is 79.9. The first-order valence-electron chi connectivity index (χ1n) is 5.96. The zero-order valence-electron chi connectivity index (χ0n) is 10.9. The van der Waals surface area contributed by atoms with Crippen LogP contribution in [0.1, 0.15) is 11.1 Å². The van der Waals surface area contributed by atoms with Crippen LogP contribution in [-0.4, -0.2) is 11.2 Å². The molecule has 0 spiro atoms. The summed E-state index contributed by atoms with van der Waals surface area (Å²) in [5, 5.41) is 0. The smallest absolute Gasteiger partial charge is 0.131 e. The summed E-state index contributed by atoms with van der Waals surface area (Å²) in [6, 6.07) is 13.8. The van der Waals surface area contributed by atoms with Crippen LogP contribution < -0.4 is 10.5 Å². The minimum atomic E-state index is 0.360. The lowest BCUT2D eigenvalue weighted by Gasteiger charge is -2.13. The standard InChI is InChI=1S/C15H14BrNOS2/c1-20-13-7-3-6-12(14(13)15(17)19)18-9-10-4-2-5-11(16)8-10/h2-8H,9H2,1H3,(H2,17,19). The molecule has 5 heteroatoms. The Labute approximate surface area is 136 Å². The van der Waals surface area contributed by atoms with Crippen molar-refractivity contribution in [1.82, 2.24) is 0 Å². The highest BCUT2D eigenvalue weighted by Gasteiger charge is 2.11. The lowest BCUT2D eigenvalue weighted by molar-refractivity contribution is 0.305. The number of benzene rings is 2. The fraction of sp³-hybridized carbons (Fsp3) is 0.133. The first-order chi connectivity index (χ1) is 9.61. The van der Waals surface area contributed by atoms with E-state index in [9.17, 15) is 0 Å². The van der Waals surface area contributed by atoms with Crippen molar-refractivity contribution in [3.63, 3.8) is 0 Å². The summed E-state index contributed by atoms with van der Waals surface area (Å²) in [4.78, 5) is 1.39. The van der Waals surface area contributed by atoms with Crippen LogP contribution in [0.25, 0.3) is 0 Å². The highest BCUT2D eigenvalue weighted by Crippen LogP contribution is 2.29. The van der Waals surface area contributed by atoms with Gasteiger partial charge < -0.3 is 10.5 Å². The second-order valence-corrected chi connectivity index (χ2v) is 6.32. The number of rotatable bonds is 5. The monoisotopic (exact) mass is 367 g/mol. The van der Waals surface area contributed by atoms with Gasteiger partial charge in [-0.05, 0) is 36.1 Å². The number of thioether (sulfide) groups is 1. The molecule has 0 fully saturated rings. The SMILES string of the molecule is CSc1cccc(OCc2cccc(Br)c2)c1C(N)=S. The summed E-state index contributed by atoms with van der Waals surface area (Å²) in [6.07, 6.45) is 2.00. The van der Waals surface area contributed by atoms with Crippen molar-refractivity contribution in [2.45, 2.75) is 11.5 Å². The van der Waals surface area contributed by atoms with E-state index in [2.05, 4.69) is 15.9 Å². The summed E-state index contributed by atoms with van der Waals surface area (Å²) in [5.41, 5.74) is 7.71. The van der Waals surface area contributed by atoms with Crippen molar-refractivity contribution in [2.75, 3.05) is 6.26 Å². The van der Waals surface area contributed by atoms with Crippen LogP contribution in [0.3, 0.4) is 0 Å². The Hall–Kier alpha value is -1.04. The summed E-state index contributed by atoms with van der Waals surface area (Å²) < 4.78 is 6.91. The molecule has 20 heavy (non-hydrogen) atoms. The molecule has 0 aromatic heterocycles. The quantitative estimate of drug-likeness (QED) is 0.627. The molecular weight excluding hydrogens is 354 g/mol. The van der Waals surface area contributed by atoms with Gasteiger partial charge in [-0.2, -0.15) is 0 Å². The molecule has 0 saturated carbocycles. The predicted molar refractivity (Wildman–Crippen MR) is 92.6 cm³/mol. The molecule has 2 rings (SSSR count). The van der Waals surface area contributed by atoms with Crippen molar-refractivity contribution >= 4 is 44.9 Å². The van der Waals surface area contributed by atoms with Gasteiger partial charge in [-0.25, -0.2) is 0 Å². The van der Waals surface area contributed by atoms with Gasteiger partial charge in [0.25, 0.3) is 0 Å². The minimum absolute atomic E-state index is 0.360. The largest absolute Gasteiger partial charge is 0.488 e. The Morgan fingerprint density at radius 2 is 2.05 bits per heavy atom. The molecule has 0 aliphatic rings. The van der Waals surface area contributed by atoms with E-state index in [-0.39, 0.29) is 0 Å². The maximum absolute atomic E-state index is 5.88. The number of thiocarbonyl (C=S) groups is 1. The molecule has 0 radical (unpaired) electrons. The van der Waals surface area contributed by atoms with Crippen LogP contribution in [0.5, 0.6) is 5.75 Å². The Bertz CT molecular complexity index is 631. The van der Waals surface area contributed by atoms with E-state index in [1.165, 1.54) is 0 Å². The third-order valence-corrected chi connectivity index (χ3v) is 4.22. The average Bonchev–Trinajstić information content (AvgIpc) is 2.44. The number of nitrogens with two attached hydrogens (primary N) is 1. The topological polar surface area (TPSA) is 35.2 Å². The number of ether oxygens (including phenoxy) is 1. The Balaban J connectivity index is 2.23. The minimum Gasteiger partial charge on any atom is -0.488 e. The van der Waals surface area contributed by atoms with E-state index in [1.54, 1.807) is 11.8 Å². The van der Waals surface area contributed by atoms with E-state index in [0.29, 0.717) is 11.6 Å². The van der Waals surface area contributed by atoms with Crippen LogP contribution in [0, 0.1) is 0 Å². The maximum Gasteiger partial charge on any atom is 0.131 e. The van der Waals surface area contributed by atoms with Crippen LogP contribution in [0.15, 0.2) is 51.8 Å². The summed E-state index contributed by atoms with van der Waals surface area (Å²) >= 11 is 10.2. The fourth-order valence-electron chi connectivity index (χ4n) is 1.83. The Morgan fingerprint density at radius 1 is 1.30 bits per heavy atom. The van der Waals surface area contributed by atoms with E-state index in [1.807, 2.05) is 48.7 Å². The third kappa shape index (κ3) is 3.75. The van der Waals surface area contributed by atoms with Crippen LogP contribution in [0.2, 0.25) is 0 Å². The predicted octanol–water partition coefficient (Wildman–Crippen LogP) is 4.38. The van der Waals surface area contributed by atoms with Gasteiger partial charge in [0, 0.05) is 9.37 Å². The second-order valence-electron chi connectivity index (χ2n) is 4.12. The molecule has 0 aliphatic carbocycles. The molecule has 0 heterocycles. The van der Waals surface area contributed by atoms with Crippen molar-refractivity contribution in [1.29, 1.82) is 0 Å². The second kappa shape index (κ2) is 7.11. The lowest BCUT2D eigenvalue weighted by atomic mass is 10.2. The first-order valence-corrected chi connectivity index (χ1v) is 8.38. The van der Waals surface area contributed by atoms with Crippen LogP contribution in [0.4, 0.5) is 0 Å². The van der Waals surface area contributed by atoms with E-state index < -0.39 is 0 Å². The molecule has 0 amide bonds. The van der Waals surface area contributed by atoms with E-state index in [0.717, 1.165) is 26.2 Å². The van der Waals surface area contributed by atoms with Gasteiger partial charge >= 0.3 is 0 Å². The summed E-state index contributed by atoms with van der Waals surface area (Å²) in [5.74, 6) is 0.726. The molecule has 104 valence electrons. The first kappa shape index (κ1) is 15.4. The molecule has 0 unspecified atom stereocenters. The van der Waals surface area contributed by atoms with Gasteiger partial charge in [-0.1, -0.05) is 46.3 Å². The molecule has 2 nitrogen and oxygen atoms in total. The lowest BCUT2D eigenvalue weighted by Crippen LogP contribution is -2.13. The molecule has 2 aromatic rings. The van der Waals surface area contributed by atoms with Gasteiger partial charge in [-0.3, -0.25) is 0 Å². The Kier molecular flexibility index (Phi) is 5.46. The normalized spacial score (nSPS) is 10.3. The van der Waals surface area contributed by atoms with E-state index >= 15 is 0 Å². The Morgan fingerprint density at radius 3 is 2.70 bits per heavy atom. The number of hydrogen-bond donors (Lipinski definition) is 1. The molecule has 0 aliphatic heterocycles. The van der Waals surface area contributed by atoms with Crippen molar-refractivity contribution in [2.24, 2.45) is 5.73 Å². The van der Waals surface area contributed by atoms with E-state index in [4.69, 9.17) is 22.7 Å². The highest BCUT2D eigenvalue weighted by molar-refractivity contribution is 9.10. The molecule has 0 bridgehead atoms. The van der Waals surface area contributed by atoms with Gasteiger partial charge in [0.15, 0.2) is 0 Å². The van der Waals surface area contributed by atoms with Gasteiger partial charge in [0.1, 0.15) is 17.3 Å². The molecule has 2 aromatic carbocycles. The fourth-order valence-corrected chi connectivity index (χ4v) is 3.18. The zero-order chi connectivity index (χ0) is 14.5.